The van der Waals surface area contributed by atoms with E-state index in [0.717, 1.165) is 17.7 Å². The van der Waals surface area contributed by atoms with Crippen LogP contribution in [-0.2, 0) is 9.59 Å². The fourth-order valence-electron chi connectivity index (χ4n) is 3.11. The Morgan fingerprint density at radius 2 is 2.17 bits per heavy atom. The molecular formula is C18H21N3O3. The molecule has 1 fully saturated rings. The van der Waals surface area contributed by atoms with Crippen LogP contribution in [0, 0.1) is 5.41 Å². The summed E-state index contributed by atoms with van der Waals surface area (Å²) < 4.78 is 1.76. The minimum atomic E-state index is -0.864. The number of nitrogens with one attached hydrogen (secondary N) is 1. The van der Waals surface area contributed by atoms with Gasteiger partial charge in [0.15, 0.2) is 0 Å². The summed E-state index contributed by atoms with van der Waals surface area (Å²) in [6, 6.07) is 9.42. The van der Waals surface area contributed by atoms with Crippen LogP contribution in [0.3, 0.4) is 0 Å². The van der Waals surface area contributed by atoms with Crippen molar-refractivity contribution < 1.29 is 14.7 Å². The lowest BCUT2D eigenvalue weighted by atomic mass is 9.66. The zero-order valence-electron chi connectivity index (χ0n) is 13.6. The lowest BCUT2D eigenvalue weighted by molar-refractivity contribution is -0.157. The van der Waals surface area contributed by atoms with Crippen LogP contribution in [0.4, 0.5) is 0 Å². The van der Waals surface area contributed by atoms with Crippen LogP contribution < -0.4 is 5.32 Å². The van der Waals surface area contributed by atoms with Crippen molar-refractivity contribution in [1.82, 2.24) is 15.1 Å². The molecule has 2 N–H and O–H groups in total. The second-order valence-corrected chi connectivity index (χ2v) is 6.45. The molecule has 6 nitrogen and oxygen atoms in total. The van der Waals surface area contributed by atoms with Crippen LogP contribution in [0.15, 0.2) is 42.7 Å². The maximum absolute atomic E-state index is 12.3. The van der Waals surface area contributed by atoms with E-state index in [0.29, 0.717) is 12.8 Å². The molecule has 1 heterocycles. The summed E-state index contributed by atoms with van der Waals surface area (Å²) in [4.78, 5) is 23.6. The third kappa shape index (κ3) is 3.18. The Kier molecular flexibility index (Phi) is 4.38. The van der Waals surface area contributed by atoms with Gasteiger partial charge in [-0.3, -0.25) is 9.59 Å². The predicted molar refractivity (Wildman–Crippen MR) is 88.7 cm³/mol. The zero-order valence-corrected chi connectivity index (χ0v) is 13.6. The van der Waals surface area contributed by atoms with Gasteiger partial charge in [0.05, 0.1) is 17.1 Å². The molecule has 2 aromatic rings. The van der Waals surface area contributed by atoms with Gasteiger partial charge in [-0.15, -0.1) is 0 Å². The molecular weight excluding hydrogens is 306 g/mol. The summed E-state index contributed by atoms with van der Waals surface area (Å²) >= 11 is 0. The number of carboxylic acids is 1. The first-order valence-electron chi connectivity index (χ1n) is 8.13. The quantitative estimate of drug-likeness (QED) is 0.854. The van der Waals surface area contributed by atoms with Crippen LogP contribution in [0.1, 0.15) is 44.2 Å². The fraction of sp³-hybridized carbons (Fsp3) is 0.389. The Labute approximate surface area is 140 Å². The monoisotopic (exact) mass is 327 g/mol. The number of nitrogens with zero attached hydrogens (tertiary/aromatic N) is 2. The first-order valence-corrected chi connectivity index (χ1v) is 8.13. The van der Waals surface area contributed by atoms with Gasteiger partial charge in [-0.25, -0.2) is 4.68 Å². The Morgan fingerprint density at radius 1 is 1.38 bits per heavy atom. The van der Waals surface area contributed by atoms with Gasteiger partial charge >= 0.3 is 5.97 Å². The van der Waals surface area contributed by atoms with E-state index in [2.05, 4.69) is 10.4 Å². The second kappa shape index (κ2) is 6.47. The Hall–Kier alpha value is -2.63. The van der Waals surface area contributed by atoms with E-state index in [1.807, 2.05) is 43.5 Å². The number of rotatable bonds is 6. The van der Waals surface area contributed by atoms with Gasteiger partial charge in [0.2, 0.25) is 5.91 Å². The number of benzene rings is 1. The molecule has 24 heavy (non-hydrogen) atoms. The molecule has 3 rings (SSSR count). The highest BCUT2D eigenvalue weighted by Crippen LogP contribution is 2.44. The minimum absolute atomic E-state index is 0.0471. The molecule has 1 aromatic heterocycles. The third-order valence-electron chi connectivity index (χ3n) is 4.78. The molecule has 1 aromatic carbocycles. The van der Waals surface area contributed by atoms with Crippen molar-refractivity contribution in [2.75, 3.05) is 0 Å². The number of carbonyl (C=O) groups excluding carboxylic acids is 1. The molecule has 1 aliphatic rings. The molecule has 1 aliphatic carbocycles. The van der Waals surface area contributed by atoms with Crippen LogP contribution in [0.5, 0.6) is 0 Å². The summed E-state index contributed by atoms with van der Waals surface area (Å²) in [6.07, 6.45) is 5.65. The Bertz CT molecular complexity index is 736. The van der Waals surface area contributed by atoms with E-state index >= 15 is 0 Å². The molecule has 0 aliphatic heterocycles. The molecule has 0 radical (unpaired) electrons. The molecule has 1 amide bonds. The van der Waals surface area contributed by atoms with Crippen molar-refractivity contribution in [3.05, 3.63) is 48.3 Å². The Balaban J connectivity index is 1.66. The van der Waals surface area contributed by atoms with E-state index < -0.39 is 11.4 Å². The van der Waals surface area contributed by atoms with Gasteiger partial charge in [-0.2, -0.15) is 5.10 Å². The largest absolute Gasteiger partial charge is 0.481 e. The fourth-order valence-corrected chi connectivity index (χ4v) is 3.11. The number of aromatic nitrogens is 2. The Morgan fingerprint density at radius 3 is 2.75 bits per heavy atom. The van der Waals surface area contributed by atoms with E-state index in [1.165, 1.54) is 0 Å². The van der Waals surface area contributed by atoms with Crippen molar-refractivity contribution in [3.8, 4) is 5.69 Å². The summed E-state index contributed by atoms with van der Waals surface area (Å²) in [5, 5.41) is 16.5. The van der Waals surface area contributed by atoms with Gasteiger partial charge in [0, 0.05) is 18.8 Å². The standard InChI is InChI=1S/C18H21N3O3/c1-13(20-16(22)12-18(17(23)24)7-3-8-18)14-5-2-6-15(11-14)21-10-4-9-19-21/h2,4-6,9-11,13H,3,7-8,12H2,1H3,(H,20,22)(H,23,24). The number of aliphatic carboxylic acids is 1. The normalized spacial score (nSPS) is 16.9. The van der Waals surface area contributed by atoms with Crippen molar-refractivity contribution in [1.29, 1.82) is 0 Å². The molecule has 0 saturated heterocycles. The first-order chi connectivity index (χ1) is 11.5. The third-order valence-corrected chi connectivity index (χ3v) is 4.78. The van der Waals surface area contributed by atoms with Gasteiger partial charge in [0.25, 0.3) is 0 Å². The smallest absolute Gasteiger partial charge is 0.310 e. The van der Waals surface area contributed by atoms with E-state index in [4.69, 9.17) is 0 Å². The van der Waals surface area contributed by atoms with Crippen molar-refractivity contribution in [2.45, 2.75) is 38.6 Å². The van der Waals surface area contributed by atoms with Crippen LogP contribution in [0.2, 0.25) is 0 Å². The lowest BCUT2D eigenvalue weighted by Gasteiger charge is -2.37. The highest BCUT2D eigenvalue weighted by Gasteiger charge is 2.45. The molecule has 1 atom stereocenters. The summed E-state index contributed by atoms with van der Waals surface area (Å²) in [5.74, 6) is -1.08. The molecule has 0 bridgehead atoms. The van der Waals surface area contributed by atoms with Crippen molar-refractivity contribution in [2.24, 2.45) is 5.41 Å². The molecule has 6 heteroatoms. The lowest BCUT2D eigenvalue weighted by Crippen LogP contribution is -2.43. The van der Waals surface area contributed by atoms with Crippen molar-refractivity contribution >= 4 is 11.9 Å². The number of carboxylic acid groups (broad SMARTS) is 1. The number of carbonyl (C=O) groups is 2. The summed E-state index contributed by atoms with van der Waals surface area (Å²) in [6.45, 7) is 1.90. The minimum Gasteiger partial charge on any atom is -0.481 e. The van der Waals surface area contributed by atoms with E-state index in [9.17, 15) is 14.7 Å². The second-order valence-electron chi connectivity index (χ2n) is 6.45. The van der Waals surface area contributed by atoms with Crippen LogP contribution in [-0.4, -0.2) is 26.8 Å². The molecule has 0 spiro atoms. The number of hydrogen-bond acceptors (Lipinski definition) is 3. The van der Waals surface area contributed by atoms with Crippen LogP contribution >= 0.6 is 0 Å². The predicted octanol–water partition coefficient (Wildman–Crippen LogP) is 2.69. The first kappa shape index (κ1) is 16.2. The topological polar surface area (TPSA) is 84.2 Å². The zero-order chi connectivity index (χ0) is 17.2. The highest BCUT2D eigenvalue weighted by molar-refractivity contribution is 5.85. The van der Waals surface area contributed by atoms with Gasteiger partial charge in [-0.1, -0.05) is 18.6 Å². The average Bonchev–Trinajstić information content (AvgIpc) is 3.05. The maximum Gasteiger partial charge on any atom is 0.310 e. The molecule has 126 valence electrons. The average molecular weight is 327 g/mol. The molecule has 1 unspecified atom stereocenters. The molecule has 1 saturated carbocycles. The SMILES string of the molecule is CC(NC(=O)CC1(C(=O)O)CCC1)c1cccc(-n2cccn2)c1. The maximum atomic E-state index is 12.3. The number of hydrogen-bond donors (Lipinski definition) is 2. The van der Waals surface area contributed by atoms with E-state index in [1.54, 1.807) is 10.9 Å². The number of amides is 1. The highest BCUT2D eigenvalue weighted by atomic mass is 16.4. The van der Waals surface area contributed by atoms with Crippen molar-refractivity contribution in [3.63, 3.8) is 0 Å². The summed E-state index contributed by atoms with van der Waals surface area (Å²) in [7, 11) is 0. The van der Waals surface area contributed by atoms with Gasteiger partial charge < -0.3 is 10.4 Å². The summed E-state index contributed by atoms with van der Waals surface area (Å²) in [5.41, 5.74) is 1.01. The van der Waals surface area contributed by atoms with E-state index in [-0.39, 0.29) is 18.4 Å². The van der Waals surface area contributed by atoms with Gasteiger partial charge in [0.1, 0.15) is 0 Å². The van der Waals surface area contributed by atoms with Gasteiger partial charge in [-0.05, 0) is 43.5 Å². The van der Waals surface area contributed by atoms with Crippen LogP contribution in [0.25, 0.3) is 5.69 Å².